The average molecular weight is 228 g/mol. The van der Waals surface area contributed by atoms with Gasteiger partial charge < -0.3 is 5.73 Å². The van der Waals surface area contributed by atoms with Gasteiger partial charge in [-0.3, -0.25) is 0 Å². The number of nitrogen functional groups attached to an aromatic ring is 1. The molecule has 2 aromatic rings. The molecule has 0 bridgehead atoms. The van der Waals surface area contributed by atoms with Gasteiger partial charge in [-0.2, -0.15) is 5.10 Å². The van der Waals surface area contributed by atoms with Gasteiger partial charge in [0, 0.05) is 5.02 Å². The van der Waals surface area contributed by atoms with Crippen LogP contribution in [-0.2, 0) is 0 Å². The van der Waals surface area contributed by atoms with Crippen molar-refractivity contribution in [1.29, 1.82) is 0 Å². The van der Waals surface area contributed by atoms with E-state index in [0.717, 1.165) is 5.69 Å². The first-order chi connectivity index (χ1) is 6.68. The minimum Gasteiger partial charge on any atom is -0.382 e. The van der Waals surface area contributed by atoms with E-state index in [4.69, 9.17) is 28.9 Å². The number of hydrogen-bond acceptors (Lipinski definition) is 2. The summed E-state index contributed by atoms with van der Waals surface area (Å²) < 4.78 is 1.55. The molecule has 0 amide bonds. The standard InChI is InChI=1S/C9H7Cl2N3/c10-6-1-3-7(4-2-6)14-9(12)8(11)5-13-14/h1-5H,12H2. The SMILES string of the molecule is Nc1c(Cl)cnn1-c1ccc(Cl)cc1. The van der Waals surface area contributed by atoms with Gasteiger partial charge in [-0.1, -0.05) is 23.2 Å². The van der Waals surface area contributed by atoms with Crippen LogP contribution in [0.1, 0.15) is 0 Å². The number of aromatic nitrogens is 2. The first-order valence-corrected chi connectivity index (χ1v) is 4.69. The predicted molar refractivity (Wildman–Crippen MR) is 58.0 cm³/mol. The number of halogens is 2. The number of nitrogens with zero attached hydrogens (tertiary/aromatic N) is 2. The van der Waals surface area contributed by atoms with E-state index < -0.39 is 0 Å². The predicted octanol–water partition coefficient (Wildman–Crippen LogP) is 2.76. The van der Waals surface area contributed by atoms with Crippen molar-refractivity contribution in [2.75, 3.05) is 5.73 Å². The molecule has 72 valence electrons. The summed E-state index contributed by atoms with van der Waals surface area (Å²) in [5.41, 5.74) is 6.54. The Morgan fingerprint density at radius 2 is 1.79 bits per heavy atom. The monoisotopic (exact) mass is 227 g/mol. The van der Waals surface area contributed by atoms with Crippen LogP contribution in [0.2, 0.25) is 10.0 Å². The highest BCUT2D eigenvalue weighted by molar-refractivity contribution is 6.32. The second kappa shape index (κ2) is 3.52. The Bertz CT molecular complexity index is 448. The van der Waals surface area contributed by atoms with Crippen molar-refractivity contribution in [3.8, 4) is 5.69 Å². The molecular formula is C9H7Cl2N3. The molecule has 2 N–H and O–H groups in total. The molecule has 0 aliphatic rings. The van der Waals surface area contributed by atoms with Gasteiger partial charge in [-0.05, 0) is 24.3 Å². The van der Waals surface area contributed by atoms with Crippen molar-refractivity contribution in [3.63, 3.8) is 0 Å². The molecule has 0 aliphatic carbocycles. The van der Waals surface area contributed by atoms with E-state index >= 15 is 0 Å². The van der Waals surface area contributed by atoms with Gasteiger partial charge in [0.25, 0.3) is 0 Å². The summed E-state index contributed by atoms with van der Waals surface area (Å²) in [6.45, 7) is 0. The van der Waals surface area contributed by atoms with E-state index in [-0.39, 0.29) is 0 Å². The Kier molecular flexibility index (Phi) is 2.35. The molecule has 14 heavy (non-hydrogen) atoms. The smallest absolute Gasteiger partial charge is 0.146 e. The molecule has 0 unspecified atom stereocenters. The van der Waals surface area contributed by atoms with Gasteiger partial charge in [-0.15, -0.1) is 0 Å². The van der Waals surface area contributed by atoms with Crippen LogP contribution in [0.3, 0.4) is 0 Å². The Morgan fingerprint density at radius 1 is 1.14 bits per heavy atom. The quantitative estimate of drug-likeness (QED) is 0.815. The van der Waals surface area contributed by atoms with E-state index in [0.29, 0.717) is 15.9 Å². The molecule has 1 heterocycles. The normalized spacial score (nSPS) is 10.4. The van der Waals surface area contributed by atoms with E-state index in [1.54, 1.807) is 16.8 Å². The highest BCUT2D eigenvalue weighted by Crippen LogP contribution is 2.21. The first-order valence-electron chi connectivity index (χ1n) is 3.93. The van der Waals surface area contributed by atoms with Crippen molar-refractivity contribution >= 4 is 29.0 Å². The van der Waals surface area contributed by atoms with Gasteiger partial charge in [-0.25, -0.2) is 4.68 Å². The molecule has 0 radical (unpaired) electrons. The molecule has 0 aliphatic heterocycles. The molecule has 5 heteroatoms. The summed E-state index contributed by atoms with van der Waals surface area (Å²) in [6.07, 6.45) is 1.51. The highest BCUT2D eigenvalue weighted by Gasteiger charge is 2.05. The van der Waals surface area contributed by atoms with E-state index in [2.05, 4.69) is 5.10 Å². The molecule has 0 saturated carbocycles. The third-order valence-electron chi connectivity index (χ3n) is 1.83. The van der Waals surface area contributed by atoms with Gasteiger partial charge in [0.15, 0.2) is 0 Å². The molecule has 3 nitrogen and oxygen atoms in total. The Hall–Kier alpha value is -1.19. The molecule has 0 spiro atoms. The zero-order chi connectivity index (χ0) is 10.1. The summed E-state index contributed by atoms with van der Waals surface area (Å²) in [4.78, 5) is 0. The number of rotatable bonds is 1. The van der Waals surface area contributed by atoms with Crippen molar-refractivity contribution in [2.24, 2.45) is 0 Å². The van der Waals surface area contributed by atoms with Crippen LogP contribution in [0, 0.1) is 0 Å². The maximum atomic E-state index is 5.78. The minimum absolute atomic E-state index is 0.425. The maximum Gasteiger partial charge on any atom is 0.146 e. The fourth-order valence-electron chi connectivity index (χ4n) is 1.13. The van der Waals surface area contributed by atoms with Crippen LogP contribution in [-0.4, -0.2) is 9.78 Å². The molecule has 0 atom stereocenters. The van der Waals surface area contributed by atoms with Crippen LogP contribution in [0.4, 0.5) is 5.82 Å². The van der Waals surface area contributed by atoms with Crippen LogP contribution in [0.15, 0.2) is 30.5 Å². The molecule has 0 saturated heterocycles. The van der Waals surface area contributed by atoms with Crippen LogP contribution in [0.25, 0.3) is 5.69 Å². The van der Waals surface area contributed by atoms with Crippen LogP contribution >= 0.6 is 23.2 Å². The summed E-state index contributed by atoms with van der Waals surface area (Å²) in [7, 11) is 0. The zero-order valence-electron chi connectivity index (χ0n) is 7.11. The minimum atomic E-state index is 0.425. The molecular weight excluding hydrogens is 221 g/mol. The molecule has 0 fully saturated rings. The molecule has 2 rings (SSSR count). The lowest BCUT2D eigenvalue weighted by molar-refractivity contribution is 0.891. The Morgan fingerprint density at radius 3 is 2.29 bits per heavy atom. The summed E-state index contributed by atoms with van der Waals surface area (Å²) in [6, 6.07) is 7.18. The zero-order valence-corrected chi connectivity index (χ0v) is 8.63. The van der Waals surface area contributed by atoms with Crippen LogP contribution < -0.4 is 5.73 Å². The van der Waals surface area contributed by atoms with Gasteiger partial charge in [0.05, 0.1) is 11.9 Å². The lowest BCUT2D eigenvalue weighted by atomic mass is 10.3. The van der Waals surface area contributed by atoms with Gasteiger partial charge in [0.1, 0.15) is 10.8 Å². The number of nitrogens with two attached hydrogens (primary N) is 1. The van der Waals surface area contributed by atoms with E-state index in [9.17, 15) is 0 Å². The number of benzene rings is 1. The van der Waals surface area contributed by atoms with Gasteiger partial charge >= 0.3 is 0 Å². The summed E-state index contributed by atoms with van der Waals surface area (Å²) in [5, 5.41) is 5.15. The van der Waals surface area contributed by atoms with Crippen LogP contribution in [0.5, 0.6) is 0 Å². The molecule has 1 aromatic heterocycles. The van der Waals surface area contributed by atoms with Crippen molar-refractivity contribution in [3.05, 3.63) is 40.5 Å². The lowest BCUT2D eigenvalue weighted by Crippen LogP contribution is -2.01. The largest absolute Gasteiger partial charge is 0.382 e. The molecule has 1 aromatic carbocycles. The lowest BCUT2D eigenvalue weighted by Gasteiger charge is -2.03. The third kappa shape index (κ3) is 1.56. The second-order valence-corrected chi connectivity index (χ2v) is 3.61. The third-order valence-corrected chi connectivity index (χ3v) is 2.37. The Labute approximate surface area is 91.0 Å². The summed E-state index contributed by atoms with van der Waals surface area (Å²) >= 11 is 11.5. The number of hydrogen-bond donors (Lipinski definition) is 1. The highest BCUT2D eigenvalue weighted by atomic mass is 35.5. The maximum absolute atomic E-state index is 5.78. The van der Waals surface area contributed by atoms with E-state index in [1.165, 1.54) is 6.20 Å². The van der Waals surface area contributed by atoms with Crippen molar-refractivity contribution in [2.45, 2.75) is 0 Å². The van der Waals surface area contributed by atoms with Gasteiger partial charge in [0.2, 0.25) is 0 Å². The average Bonchev–Trinajstić information content (AvgIpc) is 2.50. The fraction of sp³-hybridized carbons (Fsp3) is 0. The first kappa shape index (κ1) is 9.37. The Balaban J connectivity index is 2.49. The van der Waals surface area contributed by atoms with Crippen molar-refractivity contribution in [1.82, 2.24) is 9.78 Å². The number of anilines is 1. The van der Waals surface area contributed by atoms with E-state index in [1.807, 2.05) is 12.1 Å². The summed E-state index contributed by atoms with van der Waals surface area (Å²) in [5.74, 6) is 0.425. The topological polar surface area (TPSA) is 43.8 Å². The van der Waals surface area contributed by atoms with Crippen molar-refractivity contribution < 1.29 is 0 Å². The fourth-order valence-corrected chi connectivity index (χ4v) is 1.38. The second-order valence-electron chi connectivity index (χ2n) is 2.77.